The van der Waals surface area contributed by atoms with Crippen LogP contribution in [0.1, 0.15) is 17.5 Å². The topological polar surface area (TPSA) is 53.5 Å². The van der Waals surface area contributed by atoms with E-state index in [1.165, 1.54) is 16.3 Å². The molecule has 3 aromatic carbocycles. The van der Waals surface area contributed by atoms with Crippen LogP contribution in [0, 0.1) is 0 Å². The van der Waals surface area contributed by atoms with Gasteiger partial charge >= 0.3 is 0 Å². The molecule has 3 N–H and O–H groups in total. The molecule has 7 heteroatoms. The summed E-state index contributed by atoms with van der Waals surface area (Å²) in [5.74, 6) is 0.902. The molecule has 0 fully saturated rings. The van der Waals surface area contributed by atoms with Crippen LogP contribution >= 0.6 is 36.4 Å². The van der Waals surface area contributed by atoms with Gasteiger partial charge in [-0.05, 0) is 54.0 Å². The highest BCUT2D eigenvalue weighted by atomic mass is 35.5. The fraction of sp³-hybridized carbons (Fsp3) is 0.304. The molecule has 0 spiro atoms. The van der Waals surface area contributed by atoms with Crippen molar-refractivity contribution in [3.8, 4) is 5.75 Å². The Morgan fingerprint density at radius 3 is 2.33 bits per heavy atom. The molecule has 164 valence electrons. The summed E-state index contributed by atoms with van der Waals surface area (Å²) in [4.78, 5) is 0. The minimum absolute atomic E-state index is 0. The van der Waals surface area contributed by atoms with E-state index in [0.29, 0.717) is 13.2 Å². The maximum atomic E-state index is 8.80. The maximum absolute atomic E-state index is 8.80. The van der Waals surface area contributed by atoms with Crippen LogP contribution in [0.15, 0.2) is 60.7 Å². The van der Waals surface area contributed by atoms with E-state index in [1.807, 2.05) is 24.3 Å². The van der Waals surface area contributed by atoms with Gasteiger partial charge in [-0.3, -0.25) is 0 Å². The van der Waals surface area contributed by atoms with E-state index in [1.54, 1.807) is 0 Å². The number of benzene rings is 3. The summed E-state index contributed by atoms with van der Waals surface area (Å²) in [5.41, 5.74) is 2.27. The first-order valence-electron chi connectivity index (χ1n) is 9.68. The molecule has 0 aliphatic heterocycles. The van der Waals surface area contributed by atoms with Crippen LogP contribution in [0.5, 0.6) is 5.75 Å². The molecule has 0 unspecified atom stereocenters. The third-order valence-corrected chi connectivity index (χ3v) is 4.85. The Hall–Kier alpha value is -1.53. The Bertz CT molecular complexity index is 876. The summed E-state index contributed by atoms with van der Waals surface area (Å²) in [7, 11) is 0. The number of rotatable bonds is 11. The molecule has 0 atom stereocenters. The molecule has 4 nitrogen and oxygen atoms in total. The van der Waals surface area contributed by atoms with Gasteiger partial charge in [-0.2, -0.15) is 0 Å². The Morgan fingerprint density at radius 2 is 1.57 bits per heavy atom. The first-order chi connectivity index (χ1) is 13.8. The molecule has 0 amide bonds. The third-order valence-electron chi connectivity index (χ3n) is 4.60. The highest BCUT2D eigenvalue weighted by Crippen LogP contribution is 2.29. The summed E-state index contributed by atoms with van der Waals surface area (Å²) >= 11 is 5.96. The van der Waals surface area contributed by atoms with Crippen molar-refractivity contribution in [1.82, 2.24) is 10.6 Å². The molecule has 0 saturated carbocycles. The van der Waals surface area contributed by atoms with Crippen LogP contribution in [0.2, 0.25) is 5.02 Å². The smallest absolute Gasteiger partial charge is 0.124 e. The van der Waals surface area contributed by atoms with Gasteiger partial charge in [0.25, 0.3) is 0 Å². The molecular weight excluding hydrogens is 443 g/mol. The zero-order valence-electron chi connectivity index (χ0n) is 16.8. The average Bonchev–Trinajstić information content (AvgIpc) is 2.73. The molecule has 3 rings (SSSR count). The van der Waals surface area contributed by atoms with Crippen molar-refractivity contribution < 1.29 is 9.84 Å². The van der Waals surface area contributed by atoms with Crippen LogP contribution in [0.25, 0.3) is 10.8 Å². The van der Waals surface area contributed by atoms with Gasteiger partial charge < -0.3 is 20.5 Å². The summed E-state index contributed by atoms with van der Waals surface area (Å²) in [6, 6.07) is 20.3. The quantitative estimate of drug-likeness (QED) is 0.345. The standard InChI is InChI=1S/C23H27ClN2O2.2ClH/c24-20-9-6-18(7-10-20)17-28-23-11-8-19-4-1-2-5-21(19)22(23)16-26-13-3-12-25-14-15-27;;/h1-2,4-11,25-27H,3,12-17H2;2*1H. The highest BCUT2D eigenvalue weighted by molar-refractivity contribution is 6.30. The number of hydrogen-bond donors (Lipinski definition) is 3. The van der Waals surface area contributed by atoms with Crippen LogP contribution < -0.4 is 15.4 Å². The fourth-order valence-electron chi connectivity index (χ4n) is 3.13. The molecule has 0 aliphatic rings. The van der Waals surface area contributed by atoms with E-state index in [-0.39, 0.29) is 31.4 Å². The highest BCUT2D eigenvalue weighted by Gasteiger charge is 2.09. The molecule has 0 bridgehead atoms. The van der Waals surface area contributed by atoms with Gasteiger partial charge in [-0.15, -0.1) is 24.8 Å². The molecular formula is C23H29Cl3N2O2. The van der Waals surface area contributed by atoms with E-state index < -0.39 is 0 Å². The van der Waals surface area contributed by atoms with Gasteiger partial charge in [0, 0.05) is 23.7 Å². The number of ether oxygens (including phenoxy) is 1. The Labute approximate surface area is 195 Å². The number of nitrogens with one attached hydrogen (secondary N) is 2. The predicted octanol–water partition coefficient (Wildman–Crippen LogP) is 4.98. The van der Waals surface area contributed by atoms with Crippen LogP contribution in [-0.2, 0) is 13.2 Å². The number of hydrogen-bond acceptors (Lipinski definition) is 4. The second-order valence-electron chi connectivity index (χ2n) is 6.68. The zero-order chi connectivity index (χ0) is 19.6. The SMILES string of the molecule is Cl.Cl.OCCNCCCNCc1c(OCc2ccc(Cl)cc2)ccc2ccccc12. The van der Waals surface area contributed by atoms with Gasteiger partial charge in [0.05, 0.1) is 6.61 Å². The van der Waals surface area contributed by atoms with Crippen molar-refractivity contribution in [3.63, 3.8) is 0 Å². The largest absolute Gasteiger partial charge is 0.489 e. The lowest BCUT2D eigenvalue weighted by Gasteiger charge is -2.15. The third kappa shape index (κ3) is 7.95. The second kappa shape index (κ2) is 14.5. The van der Waals surface area contributed by atoms with Gasteiger partial charge in [0.2, 0.25) is 0 Å². The van der Waals surface area contributed by atoms with Gasteiger partial charge in [-0.1, -0.05) is 54.1 Å². The Kier molecular flexibility index (Phi) is 12.8. The summed E-state index contributed by atoms with van der Waals surface area (Å²) < 4.78 is 6.16. The van der Waals surface area contributed by atoms with Crippen molar-refractivity contribution in [3.05, 3.63) is 76.8 Å². The van der Waals surface area contributed by atoms with Crippen molar-refractivity contribution >= 4 is 47.2 Å². The molecule has 0 aliphatic carbocycles. The molecule has 3 aromatic rings. The van der Waals surface area contributed by atoms with Gasteiger partial charge in [-0.25, -0.2) is 0 Å². The number of aliphatic hydroxyl groups excluding tert-OH is 1. The Morgan fingerprint density at radius 1 is 0.833 bits per heavy atom. The Balaban J connectivity index is 0.00000225. The minimum Gasteiger partial charge on any atom is -0.489 e. The van der Waals surface area contributed by atoms with E-state index in [9.17, 15) is 0 Å². The van der Waals surface area contributed by atoms with E-state index in [4.69, 9.17) is 21.4 Å². The summed E-state index contributed by atoms with van der Waals surface area (Å²) in [5, 5.41) is 18.7. The maximum Gasteiger partial charge on any atom is 0.124 e. The van der Waals surface area contributed by atoms with Crippen LogP contribution in [0.3, 0.4) is 0 Å². The molecule has 0 aromatic heterocycles. The minimum atomic E-state index is 0. The van der Waals surface area contributed by atoms with Gasteiger partial charge in [0.1, 0.15) is 12.4 Å². The fourth-order valence-corrected chi connectivity index (χ4v) is 3.26. The van der Waals surface area contributed by atoms with E-state index >= 15 is 0 Å². The lowest BCUT2D eigenvalue weighted by atomic mass is 10.0. The summed E-state index contributed by atoms with van der Waals surface area (Å²) in [6.07, 6.45) is 1.01. The lowest BCUT2D eigenvalue weighted by Crippen LogP contribution is -2.24. The molecule has 30 heavy (non-hydrogen) atoms. The van der Waals surface area contributed by atoms with Crippen molar-refractivity contribution in [2.75, 3.05) is 26.2 Å². The van der Waals surface area contributed by atoms with Crippen molar-refractivity contribution in [2.45, 2.75) is 19.6 Å². The number of halogens is 3. The second-order valence-corrected chi connectivity index (χ2v) is 7.12. The summed E-state index contributed by atoms with van der Waals surface area (Å²) in [6.45, 7) is 3.87. The number of aliphatic hydroxyl groups is 1. The first kappa shape index (κ1) is 26.5. The average molecular weight is 472 g/mol. The first-order valence-corrected chi connectivity index (χ1v) is 10.1. The van der Waals surface area contributed by atoms with Crippen molar-refractivity contribution in [2.24, 2.45) is 0 Å². The lowest BCUT2D eigenvalue weighted by molar-refractivity contribution is 0.292. The van der Waals surface area contributed by atoms with E-state index in [0.717, 1.165) is 42.4 Å². The monoisotopic (exact) mass is 470 g/mol. The van der Waals surface area contributed by atoms with Crippen LogP contribution in [-0.4, -0.2) is 31.3 Å². The molecule has 0 heterocycles. The van der Waals surface area contributed by atoms with Crippen LogP contribution in [0.4, 0.5) is 0 Å². The van der Waals surface area contributed by atoms with Gasteiger partial charge in [0.15, 0.2) is 0 Å². The zero-order valence-corrected chi connectivity index (χ0v) is 19.2. The molecule has 0 saturated heterocycles. The molecule has 0 radical (unpaired) electrons. The number of fused-ring (bicyclic) bond motifs is 1. The van der Waals surface area contributed by atoms with Crippen molar-refractivity contribution in [1.29, 1.82) is 0 Å². The predicted molar refractivity (Wildman–Crippen MR) is 131 cm³/mol. The van der Waals surface area contributed by atoms with E-state index in [2.05, 4.69) is 47.0 Å². The normalized spacial score (nSPS) is 10.3.